The zero-order valence-electron chi connectivity index (χ0n) is 35.1. The number of urea groups is 1. The fourth-order valence-electron chi connectivity index (χ4n) is 6.03. The van der Waals surface area contributed by atoms with E-state index in [0.717, 1.165) is 25.0 Å². The van der Waals surface area contributed by atoms with Gasteiger partial charge in [0.1, 0.15) is 15.5 Å². The van der Waals surface area contributed by atoms with E-state index in [9.17, 15) is 54.7 Å². The lowest BCUT2D eigenvalue weighted by Crippen LogP contribution is -2.35. The Morgan fingerprint density at radius 1 is 0.826 bits per heavy atom. The molecule has 1 aliphatic carbocycles. The number of carboxylic acids is 2. The number of rotatable bonds is 14. The van der Waals surface area contributed by atoms with Crippen LogP contribution in [0.2, 0.25) is 15.1 Å². The summed E-state index contributed by atoms with van der Waals surface area (Å²) in [5, 5.41) is 20.0. The molecular formula is C41H33Cl4F4N5O14S. The number of hydrogen-bond donors (Lipinski definition) is 4. The number of amides is 4. The number of nitrogens with zero attached hydrogens (tertiary/aromatic N) is 3. The standard InChI is InChI=1S/C19H17Cl2NO4.C14H10F4N4O7S.C8H6Cl2O3/c1-2-26-19(25)16(21)10-11-9-12(7-8-15(11)20)22-17(23)13-5-3-4-6-14(13)18(22)24;15-11(16)28-8-5-9(29-12(17)18)20-13(19-8)21-14(25)22-30(26,27)7-4-2-1-3-6(7)10(23)24;1-13-7-5(10)3-2-4(9)6(7)8(11)12/h7-10H,2-6H2,1H3;1-5,11-12H,(H,23,24)(H2,19,20,21,22,25);2-3H,1H3,(H,11,12)/b16-10-;;. The van der Waals surface area contributed by atoms with E-state index in [1.807, 2.05) is 0 Å². The monoisotopic (exact) mass is 1070 g/mol. The molecule has 0 radical (unpaired) electrons. The van der Waals surface area contributed by atoms with Crippen LogP contribution in [0.25, 0.3) is 6.08 Å². The lowest BCUT2D eigenvalue weighted by molar-refractivity contribution is -0.137. The summed E-state index contributed by atoms with van der Waals surface area (Å²) >= 11 is 23.5. The molecule has 19 nitrogen and oxygen atoms in total. The van der Waals surface area contributed by atoms with Crippen molar-refractivity contribution in [3.63, 3.8) is 0 Å². The summed E-state index contributed by atoms with van der Waals surface area (Å²) in [5.41, 5.74) is 1.28. The molecule has 0 atom stereocenters. The number of methoxy groups -OCH3 is 1. The lowest BCUT2D eigenvalue weighted by Gasteiger charge is -2.16. The molecule has 6 rings (SSSR count). The van der Waals surface area contributed by atoms with Crippen molar-refractivity contribution in [2.45, 2.75) is 50.7 Å². The van der Waals surface area contributed by atoms with Gasteiger partial charge in [-0.3, -0.25) is 14.9 Å². The molecule has 2 heterocycles. The summed E-state index contributed by atoms with van der Waals surface area (Å²) in [7, 11) is -3.38. The molecule has 4 aromatic rings. The van der Waals surface area contributed by atoms with Crippen molar-refractivity contribution >= 4 is 110 Å². The van der Waals surface area contributed by atoms with Crippen LogP contribution in [0, 0.1) is 0 Å². The number of halogens is 8. The van der Waals surface area contributed by atoms with Gasteiger partial charge in [-0.1, -0.05) is 58.5 Å². The number of benzene rings is 3. The minimum atomic E-state index is -4.71. The maximum Gasteiger partial charge on any atom is 0.388 e. The smallest absolute Gasteiger partial charge is 0.388 e. The Labute approximate surface area is 407 Å². The second-order valence-corrected chi connectivity index (χ2v) is 16.5. The highest BCUT2D eigenvalue weighted by Crippen LogP contribution is 2.37. The number of imide groups is 1. The highest BCUT2D eigenvalue weighted by Gasteiger charge is 2.40. The number of carbonyl (C=O) groups is 6. The van der Waals surface area contributed by atoms with Gasteiger partial charge < -0.3 is 29.2 Å². The van der Waals surface area contributed by atoms with Crippen LogP contribution in [0.5, 0.6) is 17.5 Å². The molecule has 1 aliphatic heterocycles. The largest absolute Gasteiger partial charge is 0.494 e. The van der Waals surface area contributed by atoms with E-state index < -0.39 is 75.4 Å². The molecule has 69 heavy (non-hydrogen) atoms. The molecule has 0 unspecified atom stereocenters. The van der Waals surface area contributed by atoms with E-state index in [0.29, 0.717) is 46.3 Å². The number of aromatic carboxylic acids is 2. The molecule has 3 aromatic carbocycles. The predicted octanol–water partition coefficient (Wildman–Crippen LogP) is 8.81. The fraction of sp³-hybridized carbons (Fsp3) is 0.220. The van der Waals surface area contributed by atoms with Crippen molar-refractivity contribution < 1.29 is 83.9 Å². The van der Waals surface area contributed by atoms with Crippen LogP contribution in [0.15, 0.2) is 81.7 Å². The summed E-state index contributed by atoms with van der Waals surface area (Å²) in [4.78, 5) is 77.8. The van der Waals surface area contributed by atoms with Crippen LogP contribution in [0.4, 0.5) is 34.0 Å². The van der Waals surface area contributed by atoms with Gasteiger partial charge in [-0.15, -0.1) is 0 Å². The Morgan fingerprint density at radius 2 is 1.38 bits per heavy atom. The maximum atomic E-state index is 12.7. The highest BCUT2D eigenvalue weighted by atomic mass is 35.5. The first kappa shape index (κ1) is 54.9. The molecule has 4 amide bonds. The predicted molar refractivity (Wildman–Crippen MR) is 238 cm³/mol. The van der Waals surface area contributed by atoms with Crippen molar-refractivity contribution in [1.82, 2.24) is 14.7 Å². The molecule has 2 aliphatic rings. The van der Waals surface area contributed by atoms with Gasteiger partial charge in [0.25, 0.3) is 21.8 Å². The van der Waals surface area contributed by atoms with Gasteiger partial charge in [-0.2, -0.15) is 27.5 Å². The van der Waals surface area contributed by atoms with E-state index in [1.54, 1.807) is 30.4 Å². The molecule has 0 fully saturated rings. The number of hydrogen-bond acceptors (Lipinski definition) is 14. The molecule has 0 saturated carbocycles. The maximum absolute atomic E-state index is 12.7. The van der Waals surface area contributed by atoms with Crippen molar-refractivity contribution in [2.24, 2.45) is 0 Å². The number of carboxylic acid groups (broad SMARTS) is 2. The molecule has 0 bridgehead atoms. The van der Waals surface area contributed by atoms with E-state index in [2.05, 4.69) is 19.4 Å². The topological polar surface area (TPSA) is 267 Å². The summed E-state index contributed by atoms with van der Waals surface area (Å²) in [6, 6.07) is 10.9. The van der Waals surface area contributed by atoms with Gasteiger partial charge in [0.2, 0.25) is 17.7 Å². The number of anilines is 2. The second kappa shape index (κ2) is 24.5. The summed E-state index contributed by atoms with van der Waals surface area (Å²) in [5.74, 6) is -6.76. The number of aromatic nitrogens is 2. The average Bonchev–Trinajstić information content (AvgIpc) is 3.53. The molecule has 1 aromatic heterocycles. The summed E-state index contributed by atoms with van der Waals surface area (Å²) in [6.07, 6.45) is 4.45. The van der Waals surface area contributed by atoms with Crippen LogP contribution >= 0.6 is 46.4 Å². The lowest BCUT2D eigenvalue weighted by atomic mass is 9.93. The van der Waals surface area contributed by atoms with E-state index in [1.165, 1.54) is 47.1 Å². The quantitative estimate of drug-likeness (QED) is 0.0398. The van der Waals surface area contributed by atoms with Gasteiger partial charge >= 0.3 is 37.2 Å². The van der Waals surface area contributed by atoms with Crippen LogP contribution < -0.4 is 29.1 Å². The van der Waals surface area contributed by atoms with E-state index in [-0.39, 0.29) is 44.8 Å². The van der Waals surface area contributed by atoms with Gasteiger partial charge in [0, 0.05) is 16.2 Å². The van der Waals surface area contributed by atoms with Crippen molar-refractivity contribution in [2.75, 3.05) is 23.9 Å². The van der Waals surface area contributed by atoms with E-state index in [4.69, 9.17) is 66.1 Å². The molecule has 0 saturated heterocycles. The van der Waals surface area contributed by atoms with Crippen LogP contribution in [-0.2, 0) is 29.1 Å². The highest BCUT2D eigenvalue weighted by molar-refractivity contribution is 7.90. The first-order chi connectivity index (χ1) is 32.5. The number of ether oxygens (including phenoxy) is 4. The molecular weight excluding hydrogens is 1040 g/mol. The van der Waals surface area contributed by atoms with Crippen LogP contribution in [-0.4, -0.2) is 91.3 Å². The van der Waals surface area contributed by atoms with E-state index >= 15 is 0 Å². The molecule has 368 valence electrons. The Bertz CT molecular complexity index is 2780. The SMILES string of the molecule is CCOC(=O)/C(Cl)=C/c1cc(N2C(=O)C3=C(CCCC3)C2=O)ccc1Cl.COc1c(Cl)ccc(Cl)c1C(=O)O.O=C(Nc1nc(OC(F)F)cc(OC(F)F)n1)NS(=O)(=O)c1ccccc1C(=O)O. The Hall–Kier alpha value is -6.73. The third kappa shape index (κ3) is 14.6. The number of esters is 1. The fourth-order valence-corrected chi connectivity index (χ4v) is 7.94. The zero-order chi connectivity index (χ0) is 51.3. The molecule has 4 N–H and O–H groups in total. The number of carbonyl (C=O) groups excluding carboxylic acids is 4. The average molecular weight is 1070 g/mol. The van der Waals surface area contributed by atoms with Crippen molar-refractivity contribution in [1.29, 1.82) is 0 Å². The Kier molecular flexibility index (Phi) is 19.5. The first-order valence-corrected chi connectivity index (χ1v) is 22.1. The zero-order valence-corrected chi connectivity index (χ0v) is 38.9. The number of sulfonamides is 1. The minimum Gasteiger partial charge on any atom is -0.494 e. The molecule has 28 heteroatoms. The normalized spacial score (nSPS) is 13.4. The number of alkyl halides is 4. The van der Waals surface area contributed by atoms with Gasteiger partial charge in [0.15, 0.2) is 5.75 Å². The third-order valence-corrected chi connectivity index (χ3v) is 11.4. The van der Waals surface area contributed by atoms with Crippen molar-refractivity contribution in [3.05, 3.63) is 109 Å². The van der Waals surface area contributed by atoms with Gasteiger partial charge in [0.05, 0.1) is 41.1 Å². The van der Waals surface area contributed by atoms with Crippen LogP contribution in [0.1, 0.15) is 58.9 Å². The minimum absolute atomic E-state index is 0.0849. The molecule has 0 spiro atoms. The van der Waals surface area contributed by atoms with Gasteiger partial charge in [-0.05, 0) is 86.7 Å². The first-order valence-electron chi connectivity index (χ1n) is 19.1. The Morgan fingerprint density at radius 3 is 1.88 bits per heavy atom. The number of nitrogens with one attached hydrogen (secondary N) is 2. The second-order valence-electron chi connectivity index (χ2n) is 13.3. The Balaban J connectivity index is 0.000000242. The van der Waals surface area contributed by atoms with Gasteiger partial charge in [-0.25, -0.2) is 37.2 Å². The summed E-state index contributed by atoms with van der Waals surface area (Å²) in [6.45, 7) is -4.94. The van der Waals surface area contributed by atoms with Crippen molar-refractivity contribution in [3.8, 4) is 17.5 Å². The third-order valence-electron chi connectivity index (χ3n) is 8.82. The summed E-state index contributed by atoms with van der Waals surface area (Å²) < 4.78 is 92.7. The van der Waals surface area contributed by atoms with Crippen LogP contribution in [0.3, 0.4) is 0 Å².